The van der Waals surface area contributed by atoms with E-state index in [9.17, 15) is 4.79 Å². The monoisotopic (exact) mass is 251 g/mol. The Kier molecular flexibility index (Phi) is 4.00. The largest absolute Gasteiger partial charge is 0.377 e. The van der Waals surface area contributed by atoms with E-state index in [-0.39, 0.29) is 6.04 Å². The summed E-state index contributed by atoms with van der Waals surface area (Å²) < 4.78 is 5.87. The Hall–Kier alpha value is -0.410. The molecule has 3 heteroatoms. The second-order valence-electron chi connectivity index (χ2n) is 6.17. The predicted octanol–water partition coefficient (Wildman–Crippen LogP) is 2.39. The van der Waals surface area contributed by atoms with E-state index in [1.807, 2.05) is 0 Å². The summed E-state index contributed by atoms with van der Waals surface area (Å²) in [6, 6.07) is 0.687. The zero-order chi connectivity index (χ0) is 12.4. The molecule has 0 spiro atoms. The molecule has 3 nitrogen and oxygen atoms in total. The van der Waals surface area contributed by atoms with Crippen molar-refractivity contribution in [3.05, 3.63) is 0 Å². The van der Waals surface area contributed by atoms with Gasteiger partial charge in [-0.15, -0.1) is 0 Å². The van der Waals surface area contributed by atoms with Crippen LogP contribution in [0.5, 0.6) is 0 Å². The SMILES string of the molecule is O=CC(C1CCCC1)N1CCCC1C1CCCO1. The minimum absolute atomic E-state index is 0.171. The zero-order valence-electron chi connectivity index (χ0n) is 11.2. The number of hydrogen-bond donors (Lipinski definition) is 0. The van der Waals surface area contributed by atoms with Crippen molar-refractivity contribution in [2.24, 2.45) is 5.92 Å². The van der Waals surface area contributed by atoms with Gasteiger partial charge in [-0.05, 0) is 51.0 Å². The summed E-state index contributed by atoms with van der Waals surface area (Å²) in [6.07, 6.45) is 11.6. The Morgan fingerprint density at radius 2 is 1.89 bits per heavy atom. The first-order chi connectivity index (χ1) is 8.90. The van der Waals surface area contributed by atoms with E-state index in [2.05, 4.69) is 4.90 Å². The van der Waals surface area contributed by atoms with Gasteiger partial charge in [0.25, 0.3) is 0 Å². The first-order valence-electron chi connectivity index (χ1n) is 7.73. The van der Waals surface area contributed by atoms with Crippen molar-refractivity contribution < 1.29 is 9.53 Å². The number of carbonyl (C=O) groups is 1. The molecule has 3 aliphatic rings. The van der Waals surface area contributed by atoms with Crippen molar-refractivity contribution in [1.82, 2.24) is 4.90 Å². The molecule has 1 aliphatic carbocycles. The maximum absolute atomic E-state index is 11.6. The van der Waals surface area contributed by atoms with E-state index < -0.39 is 0 Å². The average Bonchev–Trinajstić information content (AvgIpc) is 3.13. The summed E-state index contributed by atoms with van der Waals surface area (Å²) in [6.45, 7) is 2.02. The predicted molar refractivity (Wildman–Crippen MR) is 70.5 cm³/mol. The number of carbonyl (C=O) groups excluding carboxylic acids is 1. The summed E-state index contributed by atoms with van der Waals surface area (Å²) in [5.41, 5.74) is 0. The molecule has 3 unspecified atom stereocenters. The van der Waals surface area contributed by atoms with Gasteiger partial charge in [-0.2, -0.15) is 0 Å². The summed E-state index contributed by atoms with van der Waals surface area (Å²) in [4.78, 5) is 14.0. The number of nitrogens with zero attached hydrogens (tertiary/aromatic N) is 1. The van der Waals surface area contributed by atoms with Crippen LogP contribution in [0.1, 0.15) is 51.4 Å². The minimum atomic E-state index is 0.171. The molecule has 0 aromatic heterocycles. The third-order valence-electron chi connectivity index (χ3n) is 5.14. The van der Waals surface area contributed by atoms with E-state index in [0.717, 1.165) is 13.2 Å². The lowest BCUT2D eigenvalue weighted by molar-refractivity contribution is -0.115. The van der Waals surface area contributed by atoms with E-state index in [4.69, 9.17) is 4.74 Å². The average molecular weight is 251 g/mol. The smallest absolute Gasteiger partial charge is 0.137 e. The van der Waals surface area contributed by atoms with Gasteiger partial charge >= 0.3 is 0 Å². The molecule has 2 heterocycles. The van der Waals surface area contributed by atoms with E-state index in [1.165, 1.54) is 57.7 Å². The third-order valence-corrected chi connectivity index (χ3v) is 5.14. The molecular formula is C15H25NO2. The maximum Gasteiger partial charge on any atom is 0.137 e. The molecule has 1 saturated carbocycles. The van der Waals surface area contributed by atoms with Gasteiger partial charge in [-0.1, -0.05) is 12.8 Å². The molecule has 18 heavy (non-hydrogen) atoms. The van der Waals surface area contributed by atoms with Crippen molar-refractivity contribution in [2.75, 3.05) is 13.2 Å². The van der Waals surface area contributed by atoms with Crippen LogP contribution in [0.3, 0.4) is 0 Å². The third kappa shape index (κ3) is 2.35. The number of hydrogen-bond acceptors (Lipinski definition) is 3. The molecule has 0 aromatic carbocycles. The Balaban J connectivity index is 1.69. The van der Waals surface area contributed by atoms with E-state index >= 15 is 0 Å². The lowest BCUT2D eigenvalue weighted by Gasteiger charge is -2.35. The van der Waals surface area contributed by atoms with Gasteiger partial charge < -0.3 is 9.53 Å². The molecule has 2 saturated heterocycles. The summed E-state index contributed by atoms with van der Waals surface area (Å²) in [5.74, 6) is 0.615. The molecule has 0 radical (unpaired) electrons. The Labute approximate surface area is 110 Å². The number of rotatable bonds is 4. The van der Waals surface area contributed by atoms with Crippen LogP contribution in [-0.4, -0.2) is 42.5 Å². The molecule has 0 aromatic rings. The Morgan fingerprint density at radius 3 is 2.56 bits per heavy atom. The number of likely N-dealkylation sites (tertiary alicyclic amines) is 1. The van der Waals surface area contributed by atoms with Gasteiger partial charge in [0, 0.05) is 12.6 Å². The van der Waals surface area contributed by atoms with Gasteiger partial charge in [0.1, 0.15) is 6.29 Å². The highest BCUT2D eigenvalue weighted by Crippen LogP contribution is 2.35. The highest BCUT2D eigenvalue weighted by Gasteiger charge is 2.40. The quantitative estimate of drug-likeness (QED) is 0.719. The fourth-order valence-corrected chi connectivity index (χ4v) is 4.25. The Bertz CT molecular complexity index is 282. The van der Waals surface area contributed by atoms with Crippen LogP contribution >= 0.6 is 0 Å². The molecule has 0 amide bonds. The molecule has 2 aliphatic heterocycles. The molecule has 3 atom stereocenters. The Morgan fingerprint density at radius 1 is 1.06 bits per heavy atom. The van der Waals surface area contributed by atoms with Crippen LogP contribution in [0.25, 0.3) is 0 Å². The van der Waals surface area contributed by atoms with Crippen LogP contribution in [0.2, 0.25) is 0 Å². The first-order valence-corrected chi connectivity index (χ1v) is 7.73. The molecule has 3 fully saturated rings. The zero-order valence-corrected chi connectivity index (χ0v) is 11.2. The molecule has 0 N–H and O–H groups in total. The van der Waals surface area contributed by atoms with Crippen molar-refractivity contribution >= 4 is 6.29 Å². The van der Waals surface area contributed by atoms with Crippen LogP contribution in [0.4, 0.5) is 0 Å². The normalized spacial score (nSPS) is 36.2. The van der Waals surface area contributed by atoms with Gasteiger partial charge in [0.05, 0.1) is 12.1 Å². The summed E-state index contributed by atoms with van der Waals surface area (Å²) in [5, 5.41) is 0. The number of aldehydes is 1. The number of ether oxygens (including phenoxy) is 1. The lowest BCUT2D eigenvalue weighted by atomic mass is 9.95. The van der Waals surface area contributed by atoms with Crippen molar-refractivity contribution in [3.63, 3.8) is 0 Å². The fourth-order valence-electron chi connectivity index (χ4n) is 4.25. The van der Waals surface area contributed by atoms with Gasteiger partial charge in [0.15, 0.2) is 0 Å². The second-order valence-corrected chi connectivity index (χ2v) is 6.17. The van der Waals surface area contributed by atoms with Crippen LogP contribution in [-0.2, 0) is 9.53 Å². The summed E-state index contributed by atoms with van der Waals surface area (Å²) in [7, 11) is 0. The topological polar surface area (TPSA) is 29.5 Å². The second kappa shape index (κ2) is 5.70. The molecule has 0 bridgehead atoms. The summed E-state index contributed by atoms with van der Waals surface area (Å²) >= 11 is 0. The standard InChI is InChI=1S/C15H25NO2/c17-11-14(12-5-1-2-6-12)16-9-3-7-13(16)15-8-4-10-18-15/h11-15H,1-10H2. The highest BCUT2D eigenvalue weighted by molar-refractivity contribution is 5.58. The van der Waals surface area contributed by atoms with Gasteiger partial charge in [0.2, 0.25) is 0 Å². The van der Waals surface area contributed by atoms with Crippen molar-refractivity contribution in [1.29, 1.82) is 0 Å². The fraction of sp³-hybridized carbons (Fsp3) is 0.933. The van der Waals surface area contributed by atoms with Crippen molar-refractivity contribution in [3.8, 4) is 0 Å². The van der Waals surface area contributed by atoms with Crippen LogP contribution in [0, 0.1) is 5.92 Å². The minimum Gasteiger partial charge on any atom is -0.377 e. The molecule has 3 rings (SSSR count). The van der Waals surface area contributed by atoms with Crippen molar-refractivity contribution in [2.45, 2.75) is 69.6 Å². The van der Waals surface area contributed by atoms with E-state index in [1.54, 1.807) is 0 Å². The highest BCUT2D eigenvalue weighted by atomic mass is 16.5. The van der Waals surface area contributed by atoms with Crippen LogP contribution in [0.15, 0.2) is 0 Å². The first kappa shape index (κ1) is 12.6. The molecular weight excluding hydrogens is 226 g/mol. The van der Waals surface area contributed by atoms with Crippen LogP contribution < -0.4 is 0 Å². The van der Waals surface area contributed by atoms with E-state index in [0.29, 0.717) is 18.1 Å². The van der Waals surface area contributed by atoms with Gasteiger partial charge in [-0.3, -0.25) is 4.90 Å². The molecule has 102 valence electrons. The lowest BCUT2D eigenvalue weighted by Crippen LogP contribution is -2.48. The maximum atomic E-state index is 11.6. The van der Waals surface area contributed by atoms with Gasteiger partial charge in [-0.25, -0.2) is 0 Å².